The number of hydrogen-bond donors (Lipinski definition) is 0. The van der Waals surface area contributed by atoms with Gasteiger partial charge in [0.2, 0.25) is 10.0 Å². The topological polar surface area (TPSA) is 124 Å². The van der Waals surface area contributed by atoms with Crippen LogP contribution in [0.4, 0.5) is 11.5 Å². The molecular weight excluding hydrogens is 552 g/mol. The van der Waals surface area contributed by atoms with E-state index in [1.807, 2.05) is 18.2 Å². The second-order valence-corrected chi connectivity index (χ2v) is 13.3. The van der Waals surface area contributed by atoms with E-state index in [2.05, 4.69) is 14.3 Å². The van der Waals surface area contributed by atoms with Crippen LogP contribution >= 0.6 is 0 Å². The van der Waals surface area contributed by atoms with Crippen molar-refractivity contribution in [2.24, 2.45) is 4.40 Å². The fourth-order valence-electron chi connectivity index (χ4n) is 4.74. The van der Waals surface area contributed by atoms with E-state index in [0.717, 1.165) is 11.4 Å². The second kappa shape index (κ2) is 11.0. The molecule has 0 atom stereocenters. The number of hydrogen-bond acceptors (Lipinski definition) is 7. The summed E-state index contributed by atoms with van der Waals surface area (Å²) in [7, 11) is -4.24. The minimum Gasteiger partial charge on any atom is -0.368 e. The number of benzene rings is 2. The maximum absolute atomic E-state index is 13.4. The first-order valence-electron chi connectivity index (χ1n) is 12.7. The normalized spacial score (nSPS) is 16.4. The maximum Gasteiger partial charge on any atom is 0.283 e. The molecule has 2 aliphatic rings. The molecule has 210 valence electrons. The molecule has 2 aliphatic heterocycles. The fourth-order valence-corrected chi connectivity index (χ4v) is 7.13. The lowest BCUT2D eigenvalue weighted by molar-refractivity contribution is 0.0989. The zero-order valence-electron chi connectivity index (χ0n) is 22.2. The zero-order chi connectivity index (χ0) is 28.5. The molecule has 13 heteroatoms. The Hall–Kier alpha value is -3.81. The SMILES string of the molecule is CN(C)/C=N/S(=O)(=O)c1ccc(C(=O)N2CCc3cc(S(=O)(=O)N4CCN(c5ccccn5)CC4)ccc32)cc1. The van der Waals surface area contributed by atoms with Crippen molar-refractivity contribution in [1.82, 2.24) is 14.2 Å². The third-order valence-corrected chi connectivity index (χ3v) is 9.99. The quantitative estimate of drug-likeness (QED) is 0.307. The van der Waals surface area contributed by atoms with Gasteiger partial charge in [0.15, 0.2) is 0 Å². The number of anilines is 2. The molecule has 2 aromatic carbocycles. The van der Waals surface area contributed by atoms with Crippen molar-refractivity contribution in [2.75, 3.05) is 56.6 Å². The van der Waals surface area contributed by atoms with E-state index in [4.69, 9.17) is 0 Å². The highest BCUT2D eigenvalue weighted by Crippen LogP contribution is 2.33. The number of rotatable bonds is 7. The summed E-state index contributed by atoms with van der Waals surface area (Å²) in [5, 5.41) is 0. The van der Waals surface area contributed by atoms with Gasteiger partial charge < -0.3 is 14.7 Å². The van der Waals surface area contributed by atoms with E-state index in [9.17, 15) is 21.6 Å². The summed E-state index contributed by atoms with van der Waals surface area (Å²) < 4.78 is 56.7. The molecule has 3 heterocycles. The monoisotopic (exact) mass is 582 g/mol. The first-order chi connectivity index (χ1) is 19.1. The van der Waals surface area contributed by atoms with Crippen molar-refractivity contribution in [3.63, 3.8) is 0 Å². The zero-order valence-corrected chi connectivity index (χ0v) is 23.8. The summed E-state index contributed by atoms with van der Waals surface area (Å²) in [4.78, 5) is 23.0. The Morgan fingerprint density at radius 3 is 2.25 bits per heavy atom. The number of carbonyl (C=O) groups excluding carboxylic acids is 1. The Morgan fingerprint density at radius 2 is 1.60 bits per heavy atom. The number of aromatic nitrogens is 1. The van der Waals surface area contributed by atoms with Crippen molar-refractivity contribution < 1.29 is 21.6 Å². The molecule has 0 N–H and O–H groups in total. The van der Waals surface area contributed by atoms with Gasteiger partial charge in [-0.05, 0) is 66.6 Å². The van der Waals surface area contributed by atoms with Crippen LogP contribution in [-0.2, 0) is 26.5 Å². The molecule has 40 heavy (non-hydrogen) atoms. The molecule has 1 amide bonds. The Bertz CT molecular complexity index is 1630. The van der Waals surface area contributed by atoms with Gasteiger partial charge in [0.05, 0.1) is 9.79 Å². The van der Waals surface area contributed by atoms with Crippen LogP contribution in [0.1, 0.15) is 15.9 Å². The predicted octanol–water partition coefficient (Wildman–Crippen LogP) is 2.07. The van der Waals surface area contributed by atoms with Crippen LogP contribution in [0.3, 0.4) is 0 Å². The molecule has 0 spiro atoms. The molecule has 0 radical (unpaired) electrons. The molecule has 0 saturated carbocycles. The van der Waals surface area contributed by atoms with Gasteiger partial charge in [0.1, 0.15) is 12.2 Å². The van der Waals surface area contributed by atoms with Gasteiger partial charge in [-0.3, -0.25) is 4.79 Å². The van der Waals surface area contributed by atoms with Gasteiger partial charge >= 0.3 is 0 Å². The number of carbonyl (C=O) groups is 1. The van der Waals surface area contributed by atoms with Crippen LogP contribution in [-0.4, -0.2) is 90.1 Å². The summed E-state index contributed by atoms with van der Waals surface area (Å²) in [5.41, 5.74) is 1.75. The standard InChI is InChI=1S/C27H30N6O5S2/c1-30(2)20-29-39(35,36)23-8-6-21(7-9-23)27(34)33-14-12-22-19-24(10-11-25(22)33)40(37,38)32-17-15-31(16-18-32)26-5-3-4-13-28-26/h3-11,13,19-20H,12,14-18H2,1-2H3/b29-20+. The van der Waals surface area contributed by atoms with Gasteiger partial charge in [-0.1, -0.05) is 6.07 Å². The van der Waals surface area contributed by atoms with E-state index in [1.54, 1.807) is 43.4 Å². The molecule has 1 saturated heterocycles. The Morgan fingerprint density at radius 1 is 0.900 bits per heavy atom. The summed E-state index contributed by atoms with van der Waals surface area (Å²) >= 11 is 0. The molecule has 0 aliphatic carbocycles. The largest absolute Gasteiger partial charge is 0.368 e. The van der Waals surface area contributed by atoms with Gasteiger partial charge in [0, 0.05) is 64.3 Å². The summed E-state index contributed by atoms with van der Waals surface area (Å²) in [6.07, 6.45) is 3.44. The number of fused-ring (bicyclic) bond motifs is 1. The van der Waals surface area contributed by atoms with Gasteiger partial charge in [-0.2, -0.15) is 12.7 Å². The molecule has 11 nitrogen and oxygen atoms in total. The lowest BCUT2D eigenvalue weighted by atomic mass is 10.1. The second-order valence-electron chi connectivity index (χ2n) is 9.76. The smallest absolute Gasteiger partial charge is 0.283 e. The van der Waals surface area contributed by atoms with Crippen molar-refractivity contribution in [3.05, 3.63) is 78.0 Å². The van der Waals surface area contributed by atoms with E-state index >= 15 is 0 Å². The maximum atomic E-state index is 13.4. The predicted molar refractivity (Wildman–Crippen MR) is 153 cm³/mol. The lowest BCUT2D eigenvalue weighted by Gasteiger charge is -2.34. The summed E-state index contributed by atoms with van der Waals surface area (Å²) in [6.45, 7) is 2.20. The first kappa shape index (κ1) is 27.7. The molecular formula is C27H30N6O5S2. The molecule has 1 aromatic heterocycles. The Kier molecular flexibility index (Phi) is 7.62. The van der Waals surface area contributed by atoms with E-state index in [1.165, 1.54) is 39.8 Å². The van der Waals surface area contributed by atoms with E-state index in [0.29, 0.717) is 50.4 Å². The van der Waals surface area contributed by atoms with Gasteiger partial charge in [-0.15, -0.1) is 4.40 Å². The summed E-state index contributed by atoms with van der Waals surface area (Å²) in [5.74, 6) is 0.539. The van der Waals surface area contributed by atoms with Crippen LogP contribution in [0.2, 0.25) is 0 Å². The van der Waals surface area contributed by atoms with E-state index in [-0.39, 0.29) is 15.7 Å². The van der Waals surface area contributed by atoms with E-state index < -0.39 is 20.0 Å². The average molecular weight is 583 g/mol. The fraction of sp³-hybridized carbons (Fsp3) is 0.296. The number of pyridine rings is 1. The van der Waals surface area contributed by atoms with Crippen molar-refractivity contribution in [1.29, 1.82) is 0 Å². The first-order valence-corrected chi connectivity index (χ1v) is 15.6. The third-order valence-electron chi connectivity index (χ3n) is 6.86. The van der Waals surface area contributed by atoms with Crippen LogP contribution in [0.25, 0.3) is 0 Å². The van der Waals surface area contributed by atoms with Crippen molar-refractivity contribution in [3.8, 4) is 0 Å². The highest BCUT2D eigenvalue weighted by atomic mass is 32.2. The van der Waals surface area contributed by atoms with Gasteiger partial charge in [0.25, 0.3) is 15.9 Å². The van der Waals surface area contributed by atoms with Crippen LogP contribution in [0.5, 0.6) is 0 Å². The molecule has 0 unspecified atom stereocenters. The minimum absolute atomic E-state index is 0.0142. The minimum atomic E-state index is -3.87. The molecule has 3 aromatic rings. The summed E-state index contributed by atoms with van der Waals surface area (Å²) in [6, 6.07) is 16.2. The number of sulfonamides is 2. The number of amides is 1. The molecule has 0 bridgehead atoms. The Labute approximate surface area is 234 Å². The third kappa shape index (κ3) is 5.58. The van der Waals surface area contributed by atoms with Crippen LogP contribution < -0.4 is 9.80 Å². The highest BCUT2D eigenvalue weighted by molar-refractivity contribution is 7.90. The van der Waals surface area contributed by atoms with Crippen LogP contribution in [0.15, 0.2) is 81.0 Å². The van der Waals surface area contributed by atoms with Crippen molar-refractivity contribution in [2.45, 2.75) is 16.2 Å². The van der Waals surface area contributed by atoms with Crippen LogP contribution in [0, 0.1) is 0 Å². The molecule has 1 fully saturated rings. The van der Waals surface area contributed by atoms with Crippen molar-refractivity contribution >= 4 is 43.8 Å². The highest BCUT2D eigenvalue weighted by Gasteiger charge is 2.32. The van der Waals surface area contributed by atoms with Gasteiger partial charge in [-0.25, -0.2) is 13.4 Å². The number of nitrogens with zero attached hydrogens (tertiary/aromatic N) is 6. The average Bonchev–Trinajstić information content (AvgIpc) is 3.40. The molecule has 5 rings (SSSR count). The lowest BCUT2D eigenvalue weighted by Crippen LogP contribution is -2.48. The Balaban J connectivity index is 1.28. The number of piperazine rings is 1.